The molecule has 2 amide bonds. The highest BCUT2D eigenvalue weighted by Gasteiger charge is 2.20. The molecule has 0 bridgehead atoms. The minimum Gasteiger partial charge on any atom is -0.497 e. The lowest BCUT2D eigenvalue weighted by Gasteiger charge is -2.34. The van der Waals surface area contributed by atoms with Crippen molar-refractivity contribution in [2.24, 2.45) is 0 Å². The van der Waals surface area contributed by atoms with Gasteiger partial charge in [0, 0.05) is 51.7 Å². The number of methoxy groups -OCH3 is 1. The van der Waals surface area contributed by atoms with Crippen LogP contribution in [0.2, 0.25) is 0 Å². The maximum absolute atomic E-state index is 12.3. The Morgan fingerprint density at radius 1 is 1.04 bits per heavy atom. The lowest BCUT2D eigenvalue weighted by atomic mass is 10.2. The molecule has 138 valence electrons. The molecule has 3 rings (SSSR count). The van der Waals surface area contributed by atoms with Crippen LogP contribution in [-0.2, 0) is 13.0 Å². The molecule has 6 heteroatoms. The Hall–Kier alpha value is -2.60. The summed E-state index contributed by atoms with van der Waals surface area (Å²) in [5.41, 5.74) is 2.37. The Balaban J connectivity index is 1.37. The lowest BCUT2D eigenvalue weighted by molar-refractivity contribution is 0.140. The summed E-state index contributed by atoms with van der Waals surface area (Å²) in [4.78, 5) is 20.7. The first kappa shape index (κ1) is 18.2. The predicted octanol–water partition coefficient (Wildman–Crippen LogP) is 2.16. The highest BCUT2D eigenvalue weighted by molar-refractivity contribution is 5.74. The molecular weight excluding hydrogens is 328 g/mol. The van der Waals surface area contributed by atoms with Gasteiger partial charge < -0.3 is 15.0 Å². The van der Waals surface area contributed by atoms with E-state index in [1.807, 2.05) is 41.6 Å². The van der Waals surface area contributed by atoms with Crippen LogP contribution in [-0.4, -0.2) is 60.6 Å². The molecule has 1 N–H and O–H groups in total. The van der Waals surface area contributed by atoms with E-state index in [2.05, 4.69) is 27.3 Å². The van der Waals surface area contributed by atoms with Gasteiger partial charge >= 0.3 is 6.03 Å². The molecule has 1 fully saturated rings. The Bertz CT molecular complexity index is 683. The van der Waals surface area contributed by atoms with Crippen LogP contribution in [0.3, 0.4) is 0 Å². The molecule has 0 radical (unpaired) electrons. The van der Waals surface area contributed by atoms with Gasteiger partial charge in [0.2, 0.25) is 0 Å². The Labute approximate surface area is 154 Å². The number of carbonyl (C=O) groups is 1. The molecule has 0 aliphatic carbocycles. The molecule has 1 aromatic carbocycles. The number of nitrogens with one attached hydrogen (secondary N) is 1. The molecule has 1 saturated heterocycles. The molecule has 6 nitrogen and oxygen atoms in total. The van der Waals surface area contributed by atoms with Gasteiger partial charge in [-0.1, -0.05) is 12.1 Å². The molecule has 2 heterocycles. The van der Waals surface area contributed by atoms with E-state index in [0.717, 1.165) is 50.5 Å². The van der Waals surface area contributed by atoms with Gasteiger partial charge in [0.05, 0.1) is 7.11 Å². The number of nitrogens with zero attached hydrogens (tertiary/aromatic N) is 3. The second-order valence-electron chi connectivity index (χ2n) is 6.44. The number of piperazine rings is 1. The van der Waals surface area contributed by atoms with Crippen molar-refractivity contribution in [3.05, 3.63) is 59.9 Å². The highest BCUT2D eigenvalue weighted by Crippen LogP contribution is 2.11. The number of benzene rings is 1. The van der Waals surface area contributed by atoms with Gasteiger partial charge in [0.1, 0.15) is 5.75 Å². The monoisotopic (exact) mass is 354 g/mol. The highest BCUT2D eigenvalue weighted by atomic mass is 16.5. The van der Waals surface area contributed by atoms with E-state index >= 15 is 0 Å². The fourth-order valence-electron chi connectivity index (χ4n) is 3.04. The smallest absolute Gasteiger partial charge is 0.317 e. The van der Waals surface area contributed by atoms with Crippen molar-refractivity contribution in [2.45, 2.75) is 13.0 Å². The number of pyridine rings is 1. The van der Waals surface area contributed by atoms with Crippen molar-refractivity contribution in [2.75, 3.05) is 39.8 Å². The van der Waals surface area contributed by atoms with Crippen LogP contribution in [0.15, 0.2) is 48.8 Å². The Kier molecular flexibility index (Phi) is 6.44. The maximum Gasteiger partial charge on any atom is 0.317 e. The standard InChI is InChI=1S/C20H26N4O2/c1-26-19-4-2-18(3-5-19)16-22-20(25)24-14-12-23(13-15-24)11-8-17-6-9-21-10-7-17/h2-7,9-10H,8,11-16H2,1H3,(H,22,25). The molecule has 0 spiro atoms. The van der Waals surface area contributed by atoms with Crippen LogP contribution in [0.1, 0.15) is 11.1 Å². The van der Waals surface area contributed by atoms with E-state index in [1.165, 1.54) is 5.56 Å². The molecule has 0 saturated carbocycles. The van der Waals surface area contributed by atoms with Crippen LogP contribution in [0.5, 0.6) is 5.75 Å². The fraction of sp³-hybridized carbons (Fsp3) is 0.400. The summed E-state index contributed by atoms with van der Waals surface area (Å²) in [6.07, 6.45) is 4.69. The van der Waals surface area contributed by atoms with Crippen LogP contribution in [0.4, 0.5) is 4.79 Å². The van der Waals surface area contributed by atoms with Gasteiger partial charge in [-0.25, -0.2) is 4.79 Å². The number of amides is 2. The van der Waals surface area contributed by atoms with Crippen LogP contribution in [0, 0.1) is 0 Å². The zero-order chi connectivity index (χ0) is 18.2. The van der Waals surface area contributed by atoms with Crippen LogP contribution < -0.4 is 10.1 Å². The SMILES string of the molecule is COc1ccc(CNC(=O)N2CCN(CCc3ccncc3)CC2)cc1. The van der Waals surface area contributed by atoms with E-state index in [1.54, 1.807) is 7.11 Å². The van der Waals surface area contributed by atoms with Gasteiger partial charge in [-0.2, -0.15) is 0 Å². The van der Waals surface area contributed by atoms with E-state index in [9.17, 15) is 4.79 Å². The summed E-state index contributed by atoms with van der Waals surface area (Å²) in [7, 11) is 1.65. The topological polar surface area (TPSA) is 57.7 Å². The molecule has 1 aliphatic rings. The second-order valence-corrected chi connectivity index (χ2v) is 6.44. The van der Waals surface area contributed by atoms with Gasteiger partial charge in [-0.15, -0.1) is 0 Å². The average Bonchev–Trinajstić information content (AvgIpc) is 2.72. The number of rotatable bonds is 6. The summed E-state index contributed by atoms with van der Waals surface area (Å²) >= 11 is 0. The van der Waals surface area contributed by atoms with Gasteiger partial charge in [-0.3, -0.25) is 9.88 Å². The molecule has 26 heavy (non-hydrogen) atoms. The first-order valence-electron chi connectivity index (χ1n) is 9.01. The number of hydrogen-bond acceptors (Lipinski definition) is 4. The second kappa shape index (κ2) is 9.20. The molecule has 1 aliphatic heterocycles. The number of aromatic nitrogens is 1. The normalized spacial score (nSPS) is 14.9. The van der Waals surface area contributed by atoms with Crippen LogP contribution >= 0.6 is 0 Å². The van der Waals surface area contributed by atoms with E-state index in [-0.39, 0.29) is 6.03 Å². The molecular formula is C20H26N4O2. The zero-order valence-electron chi connectivity index (χ0n) is 15.2. The number of carbonyl (C=O) groups excluding carboxylic acids is 1. The van der Waals surface area contributed by atoms with Crippen molar-refractivity contribution in [1.29, 1.82) is 0 Å². The minimum atomic E-state index is 0.00889. The molecule has 0 atom stereocenters. The first-order valence-corrected chi connectivity index (χ1v) is 9.01. The number of ether oxygens (including phenoxy) is 1. The van der Waals surface area contributed by atoms with E-state index < -0.39 is 0 Å². The molecule has 2 aromatic rings. The summed E-state index contributed by atoms with van der Waals surface area (Å²) in [5.74, 6) is 0.822. The zero-order valence-corrected chi connectivity index (χ0v) is 15.2. The van der Waals surface area contributed by atoms with Crippen molar-refractivity contribution >= 4 is 6.03 Å². The van der Waals surface area contributed by atoms with E-state index in [0.29, 0.717) is 6.54 Å². The van der Waals surface area contributed by atoms with Crippen molar-refractivity contribution in [3.63, 3.8) is 0 Å². The number of hydrogen-bond donors (Lipinski definition) is 1. The molecule has 1 aromatic heterocycles. The van der Waals surface area contributed by atoms with Crippen molar-refractivity contribution in [1.82, 2.24) is 20.1 Å². The first-order chi connectivity index (χ1) is 12.7. The third-order valence-electron chi connectivity index (χ3n) is 4.73. The van der Waals surface area contributed by atoms with Crippen LogP contribution in [0.25, 0.3) is 0 Å². The van der Waals surface area contributed by atoms with Gasteiger partial charge in [-0.05, 0) is 41.8 Å². The third kappa shape index (κ3) is 5.20. The Morgan fingerprint density at radius 2 is 1.73 bits per heavy atom. The van der Waals surface area contributed by atoms with Crippen molar-refractivity contribution in [3.8, 4) is 5.75 Å². The largest absolute Gasteiger partial charge is 0.497 e. The predicted molar refractivity (Wildman–Crippen MR) is 101 cm³/mol. The summed E-state index contributed by atoms with van der Waals surface area (Å²) in [6.45, 7) is 4.92. The van der Waals surface area contributed by atoms with Crippen molar-refractivity contribution < 1.29 is 9.53 Å². The summed E-state index contributed by atoms with van der Waals surface area (Å²) < 4.78 is 5.14. The quantitative estimate of drug-likeness (QED) is 0.864. The minimum absolute atomic E-state index is 0.00889. The van der Waals surface area contributed by atoms with E-state index in [4.69, 9.17) is 4.74 Å². The fourth-order valence-corrected chi connectivity index (χ4v) is 3.04. The average molecular weight is 354 g/mol. The number of urea groups is 1. The molecule has 0 unspecified atom stereocenters. The maximum atomic E-state index is 12.3. The van der Waals surface area contributed by atoms with Gasteiger partial charge in [0.15, 0.2) is 0 Å². The third-order valence-corrected chi connectivity index (χ3v) is 4.73. The van der Waals surface area contributed by atoms with Gasteiger partial charge in [0.25, 0.3) is 0 Å². The Morgan fingerprint density at radius 3 is 2.38 bits per heavy atom. The summed E-state index contributed by atoms with van der Waals surface area (Å²) in [5, 5.41) is 3.00. The lowest BCUT2D eigenvalue weighted by Crippen LogP contribution is -2.51. The summed E-state index contributed by atoms with van der Waals surface area (Å²) in [6, 6.07) is 11.9.